The van der Waals surface area contributed by atoms with Crippen molar-refractivity contribution in [2.24, 2.45) is 0 Å². The fraction of sp³-hybridized carbons (Fsp3) is 0.263. The number of carbonyl (C=O) groups is 1. The summed E-state index contributed by atoms with van der Waals surface area (Å²) >= 11 is 12.0. The molecule has 4 nitrogen and oxygen atoms in total. The van der Waals surface area contributed by atoms with E-state index in [1.54, 1.807) is 30.3 Å². The van der Waals surface area contributed by atoms with Crippen LogP contribution in [0, 0.1) is 11.3 Å². The molecule has 0 N–H and O–H groups in total. The first kappa shape index (κ1) is 17.6. The Morgan fingerprint density at radius 1 is 1.00 bits per heavy atom. The van der Waals surface area contributed by atoms with E-state index in [1.165, 1.54) is 0 Å². The van der Waals surface area contributed by atoms with Gasteiger partial charge in [0.2, 0.25) is 0 Å². The first-order valence-electron chi connectivity index (χ1n) is 8.08. The first-order chi connectivity index (χ1) is 12.1. The highest BCUT2D eigenvalue weighted by Crippen LogP contribution is 2.24. The maximum absolute atomic E-state index is 12.7. The van der Waals surface area contributed by atoms with Crippen LogP contribution in [0.25, 0.3) is 0 Å². The molecule has 6 heteroatoms. The van der Waals surface area contributed by atoms with Gasteiger partial charge in [0.25, 0.3) is 5.91 Å². The van der Waals surface area contributed by atoms with Gasteiger partial charge in [-0.05, 0) is 48.9 Å². The Balaban J connectivity index is 1.70. The number of benzene rings is 2. The minimum atomic E-state index is 0.0244. The van der Waals surface area contributed by atoms with Crippen molar-refractivity contribution in [2.45, 2.75) is 6.42 Å². The molecule has 1 saturated heterocycles. The average molecular weight is 374 g/mol. The number of rotatable bonds is 2. The van der Waals surface area contributed by atoms with E-state index >= 15 is 0 Å². The smallest absolute Gasteiger partial charge is 0.253 e. The zero-order valence-electron chi connectivity index (χ0n) is 13.6. The lowest BCUT2D eigenvalue weighted by Gasteiger charge is -2.24. The molecule has 0 radical (unpaired) electrons. The van der Waals surface area contributed by atoms with Crippen LogP contribution in [0.2, 0.25) is 10.0 Å². The molecule has 0 aliphatic carbocycles. The predicted molar refractivity (Wildman–Crippen MR) is 100 cm³/mol. The van der Waals surface area contributed by atoms with Crippen molar-refractivity contribution in [1.82, 2.24) is 4.90 Å². The molecular weight excluding hydrogens is 357 g/mol. The SMILES string of the molecule is N#Cc1ccc(N2CCCN(C(=O)c3ccc(Cl)cc3)CC2)cc1Cl. The molecule has 0 bridgehead atoms. The summed E-state index contributed by atoms with van der Waals surface area (Å²) < 4.78 is 0. The van der Waals surface area contributed by atoms with E-state index in [-0.39, 0.29) is 5.91 Å². The third kappa shape index (κ3) is 4.07. The highest BCUT2D eigenvalue weighted by Gasteiger charge is 2.20. The number of amides is 1. The van der Waals surface area contributed by atoms with Crippen LogP contribution in [0.15, 0.2) is 42.5 Å². The highest BCUT2D eigenvalue weighted by atomic mass is 35.5. The van der Waals surface area contributed by atoms with E-state index in [9.17, 15) is 4.79 Å². The molecule has 1 aliphatic heterocycles. The van der Waals surface area contributed by atoms with Crippen LogP contribution in [0.4, 0.5) is 5.69 Å². The van der Waals surface area contributed by atoms with Gasteiger partial charge in [-0.3, -0.25) is 4.79 Å². The van der Waals surface area contributed by atoms with Gasteiger partial charge >= 0.3 is 0 Å². The third-order valence-corrected chi connectivity index (χ3v) is 4.88. The molecule has 0 spiro atoms. The molecule has 0 saturated carbocycles. The Morgan fingerprint density at radius 3 is 2.44 bits per heavy atom. The van der Waals surface area contributed by atoms with Crippen molar-refractivity contribution < 1.29 is 4.79 Å². The molecule has 1 aliphatic rings. The van der Waals surface area contributed by atoms with Crippen LogP contribution in [-0.2, 0) is 0 Å². The quantitative estimate of drug-likeness (QED) is 0.791. The molecule has 1 heterocycles. The largest absolute Gasteiger partial charge is 0.370 e. The van der Waals surface area contributed by atoms with Gasteiger partial charge in [0, 0.05) is 42.5 Å². The second kappa shape index (κ2) is 7.77. The lowest BCUT2D eigenvalue weighted by molar-refractivity contribution is 0.0767. The molecule has 0 atom stereocenters. The number of hydrogen-bond acceptors (Lipinski definition) is 3. The fourth-order valence-electron chi connectivity index (χ4n) is 2.95. The van der Waals surface area contributed by atoms with Crippen molar-refractivity contribution >= 4 is 34.8 Å². The fourth-order valence-corrected chi connectivity index (χ4v) is 3.29. The molecular formula is C19H17Cl2N3O. The van der Waals surface area contributed by atoms with Crippen LogP contribution in [-0.4, -0.2) is 37.0 Å². The van der Waals surface area contributed by atoms with Gasteiger partial charge < -0.3 is 9.80 Å². The third-order valence-electron chi connectivity index (χ3n) is 4.31. The van der Waals surface area contributed by atoms with Crippen molar-refractivity contribution in [1.29, 1.82) is 5.26 Å². The zero-order valence-corrected chi connectivity index (χ0v) is 15.1. The van der Waals surface area contributed by atoms with Gasteiger partial charge in [-0.2, -0.15) is 5.26 Å². The Bertz CT molecular complexity index is 814. The lowest BCUT2D eigenvalue weighted by atomic mass is 10.2. The minimum absolute atomic E-state index is 0.0244. The lowest BCUT2D eigenvalue weighted by Crippen LogP contribution is -2.35. The highest BCUT2D eigenvalue weighted by molar-refractivity contribution is 6.32. The van der Waals surface area contributed by atoms with Crippen LogP contribution in [0.5, 0.6) is 0 Å². The average Bonchev–Trinajstić information content (AvgIpc) is 2.88. The first-order valence-corrected chi connectivity index (χ1v) is 8.83. The molecule has 2 aromatic carbocycles. The van der Waals surface area contributed by atoms with Gasteiger partial charge in [-0.15, -0.1) is 0 Å². The summed E-state index contributed by atoms with van der Waals surface area (Å²) in [6.07, 6.45) is 0.872. The number of anilines is 1. The van der Waals surface area contributed by atoms with Gasteiger partial charge in [-0.1, -0.05) is 23.2 Å². The van der Waals surface area contributed by atoms with E-state index in [1.807, 2.05) is 17.0 Å². The molecule has 1 fully saturated rings. The maximum Gasteiger partial charge on any atom is 0.253 e. The van der Waals surface area contributed by atoms with E-state index in [4.69, 9.17) is 28.5 Å². The Morgan fingerprint density at radius 2 is 1.76 bits per heavy atom. The van der Waals surface area contributed by atoms with Crippen molar-refractivity contribution in [3.05, 3.63) is 63.6 Å². The summed E-state index contributed by atoms with van der Waals surface area (Å²) in [4.78, 5) is 16.7. The molecule has 25 heavy (non-hydrogen) atoms. The summed E-state index contributed by atoms with van der Waals surface area (Å²) in [6, 6.07) is 14.5. The molecule has 2 aromatic rings. The topological polar surface area (TPSA) is 47.3 Å². The normalized spacial score (nSPS) is 14.8. The standard InChI is InChI=1S/C19H17Cl2N3O/c20-16-5-2-14(3-6-16)19(25)24-9-1-8-23(10-11-24)17-7-4-15(13-22)18(21)12-17/h2-7,12H,1,8-11H2. The van der Waals surface area contributed by atoms with Crippen LogP contribution in [0.1, 0.15) is 22.3 Å². The summed E-state index contributed by atoms with van der Waals surface area (Å²) in [7, 11) is 0. The van der Waals surface area contributed by atoms with E-state index in [0.717, 1.165) is 25.2 Å². The monoisotopic (exact) mass is 373 g/mol. The summed E-state index contributed by atoms with van der Waals surface area (Å²) in [6.45, 7) is 2.91. The second-order valence-corrected chi connectivity index (χ2v) is 6.76. The molecule has 1 amide bonds. The number of carbonyl (C=O) groups excluding carboxylic acids is 1. The Hall–Kier alpha value is -2.22. The van der Waals surface area contributed by atoms with Crippen LogP contribution < -0.4 is 4.90 Å². The summed E-state index contributed by atoms with van der Waals surface area (Å²) in [5.74, 6) is 0.0244. The summed E-state index contributed by atoms with van der Waals surface area (Å²) in [5.41, 5.74) is 2.10. The number of halogens is 2. The molecule has 0 unspecified atom stereocenters. The van der Waals surface area contributed by atoms with Crippen LogP contribution >= 0.6 is 23.2 Å². The number of hydrogen-bond donors (Lipinski definition) is 0. The van der Waals surface area contributed by atoms with Crippen molar-refractivity contribution in [2.75, 3.05) is 31.1 Å². The van der Waals surface area contributed by atoms with Crippen LogP contribution in [0.3, 0.4) is 0 Å². The summed E-state index contributed by atoms with van der Waals surface area (Å²) in [5, 5.41) is 10.1. The Labute approximate surface area is 157 Å². The van der Waals surface area contributed by atoms with E-state index in [2.05, 4.69) is 11.0 Å². The predicted octanol–water partition coefficient (Wildman–Crippen LogP) is 4.22. The molecule has 0 aromatic heterocycles. The maximum atomic E-state index is 12.7. The van der Waals surface area contributed by atoms with Gasteiger partial charge in [0.15, 0.2) is 0 Å². The minimum Gasteiger partial charge on any atom is -0.370 e. The van der Waals surface area contributed by atoms with Crippen molar-refractivity contribution in [3.63, 3.8) is 0 Å². The zero-order chi connectivity index (χ0) is 17.8. The number of nitrogens with zero attached hydrogens (tertiary/aromatic N) is 3. The molecule has 128 valence electrons. The van der Waals surface area contributed by atoms with E-state index < -0.39 is 0 Å². The Kier molecular flexibility index (Phi) is 5.47. The second-order valence-electron chi connectivity index (χ2n) is 5.92. The van der Waals surface area contributed by atoms with Gasteiger partial charge in [0.05, 0.1) is 10.6 Å². The van der Waals surface area contributed by atoms with E-state index in [0.29, 0.717) is 34.3 Å². The van der Waals surface area contributed by atoms with Crippen molar-refractivity contribution in [3.8, 4) is 6.07 Å². The molecule has 3 rings (SSSR count). The van der Waals surface area contributed by atoms with Gasteiger partial charge in [0.1, 0.15) is 6.07 Å². The van der Waals surface area contributed by atoms with Gasteiger partial charge in [-0.25, -0.2) is 0 Å². The number of nitriles is 1.